The fraction of sp³-hybridized carbons (Fsp3) is 0.450. The number of nitrogen functional groups attached to an aromatic ring is 1. The summed E-state index contributed by atoms with van der Waals surface area (Å²) in [5.41, 5.74) is 4.69. The molecule has 1 aromatic heterocycles. The zero-order chi connectivity index (χ0) is 25.0. The van der Waals surface area contributed by atoms with Gasteiger partial charge in [-0.25, -0.2) is 9.36 Å². The predicted octanol–water partition coefficient (Wildman–Crippen LogP) is 0.188. The fourth-order valence-electron chi connectivity index (χ4n) is 3.37. The molecule has 0 bridgehead atoms. The Kier molecular flexibility index (Phi) is 8.08. The molecule has 2 aromatic rings. The number of esters is 1. The van der Waals surface area contributed by atoms with Crippen molar-refractivity contribution in [3.05, 3.63) is 53.1 Å². The Morgan fingerprint density at radius 3 is 2.53 bits per heavy atom. The second kappa shape index (κ2) is 10.6. The van der Waals surface area contributed by atoms with Crippen LogP contribution in [0.2, 0.25) is 0 Å². The van der Waals surface area contributed by atoms with Gasteiger partial charge in [-0.3, -0.25) is 13.9 Å². The molecule has 1 fully saturated rings. The van der Waals surface area contributed by atoms with E-state index < -0.39 is 56.1 Å². The Balaban J connectivity index is 1.82. The van der Waals surface area contributed by atoms with Crippen molar-refractivity contribution in [2.24, 2.45) is 0 Å². The maximum absolute atomic E-state index is 13.6. The van der Waals surface area contributed by atoms with Gasteiger partial charge in [0.2, 0.25) is 0 Å². The van der Waals surface area contributed by atoms with Crippen LogP contribution in [0, 0.1) is 0 Å². The number of anilines is 1. The summed E-state index contributed by atoms with van der Waals surface area (Å²) in [5, 5.41) is 23.5. The molecule has 1 aliphatic heterocycles. The van der Waals surface area contributed by atoms with Gasteiger partial charge in [0, 0.05) is 6.20 Å². The number of aliphatic hydroxyl groups excluding tert-OH is 2. The maximum atomic E-state index is 13.6. The zero-order valence-electron chi connectivity index (χ0n) is 18.7. The van der Waals surface area contributed by atoms with Gasteiger partial charge in [-0.05, 0) is 32.0 Å². The molecule has 1 aromatic carbocycles. The summed E-state index contributed by atoms with van der Waals surface area (Å²) >= 11 is 0. The molecule has 0 radical (unpaired) electrons. The van der Waals surface area contributed by atoms with Crippen molar-refractivity contribution >= 4 is 19.5 Å². The van der Waals surface area contributed by atoms with Crippen molar-refractivity contribution in [1.82, 2.24) is 14.6 Å². The van der Waals surface area contributed by atoms with E-state index in [-0.39, 0.29) is 11.6 Å². The molecule has 7 atom stereocenters. The summed E-state index contributed by atoms with van der Waals surface area (Å²) in [6.07, 6.45) is -5.46. The molecule has 14 heteroatoms. The Bertz CT molecular complexity index is 1100. The van der Waals surface area contributed by atoms with Crippen molar-refractivity contribution in [2.45, 2.75) is 50.5 Å². The summed E-state index contributed by atoms with van der Waals surface area (Å²) in [4.78, 5) is 27.6. The standard InChI is InChI=1S/C20H27N4O9P/c1-11(19(27)30-3)23-34(29,33-13-7-5-4-6-8-13)32-12(2)17-15(25)16(26)18(31-17)24-10-9-14(21)22-20(24)28/h4-12,15-18,25-26H,1-3H3,(H,23,29)(H2,21,22,28)/t11-,12+,15-,16-,17?,18+,34?/m0/s1. The lowest BCUT2D eigenvalue weighted by Crippen LogP contribution is -2.41. The second-order valence-corrected chi connectivity index (χ2v) is 9.25. The molecule has 0 spiro atoms. The quantitative estimate of drug-likeness (QED) is 0.272. The highest BCUT2D eigenvalue weighted by atomic mass is 31.2. The molecule has 1 aliphatic rings. The number of nitrogens with zero attached hydrogens (tertiary/aromatic N) is 2. The number of nitrogens with one attached hydrogen (secondary N) is 1. The summed E-state index contributed by atoms with van der Waals surface area (Å²) in [5.74, 6) is -0.545. The van der Waals surface area contributed by atoms with E-state index in [9.17, 15) is 24.4 Å². The summed E-state index contributed by atoms with van der Waals surface area (Å²) < 4.78 is 36.0. The van der Waals surface area contributed by atoms with E-state index >= 15 is 0 Å². The first kappa shape index (κ1) is 25.8. The van der Waals surface area contributed by atoms with Crippen LogP contribution in [0.15, 0.2) is 47.4 Å². The number of benzene rings is 1. The molecule has 34 heavy (non-hydrogen) atoms. The zero-order valence-corrected chi connectivity index (χ0v) is 19.6. The first-order chi connectivity index (χ1) is 16.0. The van der Waals surface area contributed by atoms with Gasteiger partial charge in [0.15, 0.2) is 6.23 Å². The Labute approximate surface area is 195 Å². The SMILES string of the molecule is COC(=O)[C@H](C)NP(=O)(Oc1ccccc1)O[C@H](C)C1O[C@@H](n2ccc(N)nc2=O)[C@@H](O)[C@@H]1O. The smallest absolute Gasteiger partial charge is 0.459 e. The lowest BCUT2D eigenvalue weighted by atomic mass is 10.1. The van der Waals surface area contributed by atoms with Gasteiger partial charge in [-0.15, -0.1) is 0 Å². The van der Waals surface area contributed by atoms with Crippen molar-refractivity contribution in [1.29, 1.82) is 0 Å². The topological polar surface area (TPSA) is 184 Å². The monoisotopic (exact) mass is 498 g/mol. The number of aliphatic hydroxyl groups is 2. The van der Waals surface area contributed by atoms with Gasteiger partial charge in [0.05, 0.1) is 13.2 Å². The molecular weight excluding hydrogens is 471 g/mol. The first-order valence-electron chi connectivity index (χ1n) is 10.3. The lowest BCUT2D eigenvalue weighted by molar-refractivity contribution is -0.142. The highest BCUT2D eigenvalue weighted by Gasteiger charge is 2.49. The summed E-state index contributed by atoms with van der Waals surface area (Å²) in [6.45, 7) is 2.83. The Hall–Kier alpha value is -2.80. The van der Waals surface area contributed by atoms with E-state index in [0.29, 0.717) is 0 Å². The number of carbonyl (C=O) groups is 1. The van der Waals surface area contributed by atoms with Gasteiger partial charge in [0.1, 0.15) is 35.9 Å². The van der Waals surface area contributed by atoms with Crippen molar-refractivity contribution in [3.63, 3.8) is 0 Å². The van der Waals surface area contributed by atoms with Crippen molar-refractivity contribution in [3.8, 4) is 5.75 Å². The average molecular weight is 498 g/mol. The number of hydrogen-bond acceptors (Lipinski definition) is 11. The molecule has 186 valence electrons. The van der Waals surface area contributed by atoms with Gasteiger partial charge in [0.25, 0.3) is 0 Å². The Morgan fingerprint density at radius 1 is 1.24 bits per heavy atom. The number of nitrogens with two attached hydrogens (primary N) is 1. The molecule has 2 unspecified atom stereocenters. The van der Waals surface area contributed by atoms with E-state index in [4.69, 9.17) is 19.5 Å². The predicted molar refractivity (Wildman–Crippen MR) is 119 cm³/mol. The summed E-state index contributed by atoms with van der Waals surface area (Å²) in [6, 6.07) is 8.35. The van der Waals surface area contributed by atoms with E-state index in [1.54, 1.807) is 18.2 Å². The van der Waals surface area contributed by atoms with Gasteiger partial charge in [-0.1, -0.05) is 18.2 Å². The van der Waals surface area contributed by atoms with E-state index in [1.807, 2.05) is 0 Å². The van der Waals surface area contributed by atoms with E-state index in [2.05, 4.69) is 14.8 Å². The van der Waals surface area contributed by atoms with Crippen molar-refractivity contribution in [2.75, 3.05) is 12.8 Å². The molecule has 2 heterocycles. The van der Waals surface area contributed by atoms with Crippen LogP contribution in [0.1, 0.15) is 20.1 Å². The highest BCUT2D eigenvalue weighted by Crippen LogP contribution is 2.47. The van der Waals surface area contributed by atoms with Crippen LogP contribution in [0.25, 0.3) is 0 Å². The normalized spacial score (nSPS) is 25.8. The number of aromatic nitrogens is 2. The van der Waals surface area contributed by atoms with Gasteiger partial charge < -0.3 is 29.9 Å². The fourth-order valence-corrected chi connectivity index (χ4v) is 5.06. The van der Waals surface area contributed by atoms with Crippen LogP contribution in [-0.4, -0.2) is 63.3 Å². The van der Waals surface area contributed by atoms with Crippen LogP contribution in [0.5, 0.6) is 5.75 Å². The second-order valence-electron chi connectivity index (χ2n) is 7.60. The largest absolute Gasteiger partial charge is 0.468 e. The third kappa shape index (κ3) is 5.81. The van der Waals surface area contributed by atoms with Crippen LogP contribution in [0.4, 0.5) is 5.82 Å². The molecule has 0 amide bonds. The van der Waals surface area contributed by atoms with Crippen molar-refractivity contribution < 1.29 is 38.1 Å². The molecule has 5 N–H and O–H groups in total. The molecule has 3 rings (SSSR count). The third-order valence-corrected chi connectivity index (χ3v) is 6.81. The lowest BCUT2D eigenvalue weighted by Gasteiger charge is -2.28. The molecule has 13 nitrogen and oxygen atoms in total. The molecule has 1 saturated heterocycles. The van der Waals surface area contributed by atoms with Gasteiger partial charge >= 0.3 is 19.4 Å². The Morgan fingerprint density at radius 2 is 1.91 bits per heavy atom. The minimum Gasteiger partial charge on any atom is -0.468 e. The number of rotatable bonds is 9. The van der Waals surface area contributed by atoms with Crippen LogP contribution in [0.3, 0.4) is 0 Å². The third-order valence-electron chi connectivity index (χ3n) is 5.04. The molecular formula is C20H27N4O9P. The number of methoxy groups -OCH3 is 1. The number of ether oxygens (including phenoxy) is 2. The van der Waals surface area contributed by atoms with Crippen LogP contribution in [-0.2, 0) is 23.4 Å². The van der Waals surface area contributed by atoms with Crippen LogP contribution >= 0.6 is 7.75 Å². The van der Waals surface area contributed by atoms with Crippen LogP contribution < -0.4 is 21.0 Å². The number of para-hydroxylation sites is 1. The number of hydrogen-bond donors (Lipinski definition) is 4. The summed E-state index contributed by atoms with van der Waals surface area (Å²) in [7, 11) is -3.08. The molecule has 0 saturated carbocycles. The van der Waals surface area contributed by atoms with Gasteiger partial charge in [-0.2, -0.15) is 10.1 Å². The minimum atomic E-state index is -4.25. The molecule has 0 aliphatic carbocycles. The first-order valence-corrected chi connectivity index (χ1v) is 11.8. The minimum absolute atomic E-state index is 0.0210. The maximum Gasteiger partial charge on any atom is 0.459 e. The van der Waals surface area contributed by atoms with E-state index in [1.165, 1.54) is 45.4 Å². The average Bonchev–Trinajstić information content (AvgIpc) is 3.08. The highest BCUT2D eigenvalue weighted by molar-refractivity contribution is 7.52. The number of carbonyl (C=O) groups excluding carboxylic acids is 1. The van der Waals surface area contributed by atoms with E-state index in [0.717, 1.165) is 4.57 Å².